The lowest BCUT2D eigenvalue weighted by molar-refractivity contribution is 0.0201. The third-order valence-corrected chi connectivity index (χ3v) is 7.94. The summed E-state index contributed by atoms with van der Waals surface area (Å²) in [5, 5.41) is 10.7. The number of halogens is 2. The van der Waals surface area contributed by atoms with Crippen molar-refractivity contribution in [1.82, 2.24) is 24.4 Å². The first-order chi connectivity index (χ1) is 21.3. The molecule has 0 radical (unpaired) electrons. The zero-order valence-corrected chi connectivity index (χ0v) is 25.9. The fourth-order valence-electron chi connectivity index (χ4n) is 5.92. The van der Waals surface area contributed by atoms with Crippen LogP contribution < -0.4 is 15.3 Å². The van der Waals surface area contributed by atoms with E-state index in [1.54, 1.807) is 40.0 Å². The molecule has 1 fully saturated rings. The Balaban J connectivity index is 1.63. The lowest BCUT2D eigenvalue weighted by atomic mass is 10.0. The second-order valence-electron chi connectivity index (χ2n) is 12.6. The van der Waals surface area contributed by atoms with Gasteiger partial charge in [-0.3, -0.25) is 4.98 Å². The van der Waals surface area contributed by atoms with Gasteiger partial charge in [-0.15, -0.1) is 0 Å². The monoisotopic (exact) mass is 620 g/mol. The maximum absolute atomic E-state index is 16.5. The van der Waals surface area contributed by atoms with Gasteiger partial charge in [-0.05, 0) is 57.4 Å². The Morgan fingerprint density at radius 3 is 2.60 bits per heavy atom. The smallest absolute Gasteiger partial charge is 0.410 e. The summed E-state index contributed by atoms with van der Waals surface area (Å²) < 4.78 is 44.7. The highest BCUT2D eigenvalue weighted by Gasteiger charge is 2.39. The number of carbonyl (C=O) groups excluding carboxylic acids is 1. The molecule has 13 heteroatoms. The first-order valence-electron chi connectivity index (χ1n) is 14.7. The predicted octanol–water partition coefficient (Wildman–Crippen LogP) is 5.08. The molecule has 2 aliphatic heterocycles. The molecular weight excluding hydrogens is 586 g/mol. The van der Waals surface area contributed by atoms with Crippen LogP contribution in [0.1, 0.15) is 51.8 Å². The molecule has 0 saturated carbocycles. The standard InChI is InChI=1S/C32H34F2N6O5/c1-16(2)19-10-11-35-17(3)26(19)40-29-23-27(24(34)25(36-29)22-20(33)8-7-9-21(22)41)44-15-18-14-38(31(43)45-32(4,5)6)12-13-39(18)28(23)37-30(40)42/h7-11,16,18,41H,12-15H2,1-6H3/t18-/m1/s1. The molecule has 1 aromatic carbocycles. The van der Waals surface area contributed by atoms with Gasteiger partial charge in [-0.2, -0.15) is 4.98 Å². The number of hydrogen-bond donors (Lipinski definition) is 1. The average Bonchev–Trinajstić information content (AvgIpc) is 3.12. The van der Waals surface area contributed by atoms with Gasteiger partial charge in [0, 0.05) is 25.8 Å². The van der Waals surface area contributed by atoms with Gasteiger partial charge in [0.25, 0.3) is 0 Å². The van der Waals surface area contributed by atoms with Gasteiger partial charge < -0.3 is 24.4 Å². The van der Waals surface area contributed by atoms with E-state index in [-0.39, 0.29) is 54.8 Å². The van der Waals surface area contributed by atoms with E-state index in [1.165, 1.54) is 21.6 Å². The van der Waals surface area contributed by atoms with E-state index >= 15 is 8.78 Å². The summed E-state index contributed by atoms with van der Waals surface area (Å²) in [6, 6.07) is 4.85. The first kappa shape index (κ1) is 30.2. The summed E-state index contributed by atoms with van der Waals surface area (Å²) in [5.41, 5.74) is -0.761. The summed E-state index contributed by atoms with van der Waals surface area (Å²) in [6.45, 7) is 11.5. The minimum Gasteiger partial charge on any atom is -0.507 e. The van der Waals surface area contributed by atoms with Crippen molar-refractivity contribution in [2.45, 2.75) is 59.1 Å². The average molecular weight is 621 g/mol. The Labute approximate surface area is 258 Å². The van der Waals surface area contributed by atoms with Crippen molar-refractivity contribution in [2.24, 2.45) is 0 Å². The number of nitrogens with zero attached hydrogens (tertiary/aromatic N) is 6. The number of aryl methyl sites for hydroxylation is 1. The van der Waals surface area contributed by atoms with Crippen LogP contribution >= 0.6 is 0 Å². The number of rotatable bonds is 3. The number of ether oxygens (including phenoxy) is 2. The van der Waals surface area contributed by atoms with Crippen molar-refractivity contribution >= 4 is 22.9 Å². The van der Waals surface area contributed by atoms with Gasteiger partial charge >= 0.3 is 11.8 Å². The Hall–Kier alpha value is -4.81. The number of piperazine rings is 1. The van der Waals surface area contributed by atoms with E-state index in [1.807, 2.05) is 18.7 Å². The molecule has 45 heavy (non-hydrogen) atoms. The second-order valence-corrected chi connectivity index (χ2v) is 12.6. The summed E-state index contributed by atoms with van der Waals surface area (Å²) >= 11 is 0. The maximum Gasteiger partial charge on any atom is 0.410 e. The van der Waals surface area contributed by atoms with Crippen molar-refractivity contribution in [2.75, 3.05) is 31.1 Å². The summed E-state index contributed by atoms with van der Waals surface area (Å²) in [6.07, 6.45) is 1.13. The van der Waals surface area contributed by atoms with Crippen molar-refractivity contribution in [1.29, 1.82) is 0 Å². The number of phenolic OH excluding ortho intramolecular Hbond substituents is 1. The molecule has 6 rings (SSSR count). The maximum atomic E-state index is 16.5. The van der Waals surface area contributed by atoms with Crippen molar-refractivity contribution < 1.29 is 28.2 Å². The highest BCUT2D eigenvalue weighted by atomic mass is 19.1. The van der Waals surface area contributed by atoms with E-state index in [4.69, 9.17) is 9.47 Å². The highest BCUT2D eigenvalue weighted by molar-refractivity contribution is 5.97. The fraction of sp³-hybridized carbons (Fsp3) is 0.406. The molecule has 0 unspecified atom stereocenters. The second kappa shape index (κ2) is 11.0. The molecule has 3 aromatic heterocycles. The number of anilines is 1. The molecule has 4 aromatic rings. The van der Waals surface area contributed by atoms with Gasteiger partial charge in [-0.1, -0.05) is 19.9 Å². The van der Waals surface area contributed by atoms with Crippen LogP contribution in [-0.2, 0) is 4.74 Å². The van der Waals surface area contributed by atoms with Crippen LogP contribution in [0.3, 0.4) is 0 Å². The lowest BCUT2D eigenvalue weighted by Gasteiger charge is -2.41. The van der Waals surface area contributed by atoms with Crippen LogP contribution in [0.25, 0.3) is 28.0 Å². The first-order valence-corrected chi connectivity index (χ1v) is 14.7. The molecule has 1 saturated heterocycles. The SMILES string of the molecule is Cc1nccc(C(C)C)c1-n1c(=O)nc2c3c(c(F)c(-c4c(O)cccc4F)nc31)OC[C@H]1CN(C(=O)OC(C)(C)C)CCN21. The molecule has 0 aliphatic carbocycles. The predicted molar refractivity (Wildman–Crippen MR) is 163 cm³/mol. The van der Waals surface area contributed by atoms with Crippen molar-refractivity contribution in [3.05, 3.63) is 63.8 Å². The van der Waals surface area contributed by atoms with Gasteiger partial charge in [0.15, 0.2) is 17.2 Å². The zero-order chi connectivity index (χ0) is 32.4. The van der Waals surface area contributed by atoms with Crippen molar-refractivity contribution in [3.8, 4) is 28.4 Å². The summed E-state index contributed by atoms with van der Waals surface area (Å²) in [5.74, 6) is -2.66. The number of fused-ring (bicyclic) bond motifs is 2. The number of benzene rings is 1. The molecule has 236 valence electrons. The molecule has 1 amide bonds. The molecular formula is C32H34F2N6O5. The van der Waals surface area contributed by atoms with E-state index in [0.29, 0.717) is 11.4 Å². The quantitative estimate of drug-likeness (QED) is 0.334. The molecule has 1 atom stereocenters. The van der Waals surface area contributed by atoms with Crippen LogP contribution in [0.5, 0.6) is 11.5 Å². The molecule has 0 bridgehead atoms. The largest absolute Gasteiger partial charge is 0.507 e. The Morgan fingerprint density at radius 2 is 1.91 bits per heavy atom. The van der Waals surface area contributed by atoms with Crippen LogP contribution in [0, 0.1) is 18.6 Å². The highest BCUT2D eigenvalue weighted by Crippen LogP contribution is 2.44. The van der Waals surface area contributed by atoms with Crippen molar-refractivity contribution in [3.63, 3.8) is 0 Å². The topological polar surface area (TPSA) is 123 Å². The number of amides is 1. The molecule has 0 spiro atoms. The van der Waals surface area contributed by atoms with Gasteiger partial charge in [0.2, 0.25) is 0 Å². The van der Waals surface area contributed by atoms with E-state index in [2.05, 4.69) is 15.0 Å². The summed E-state index contributed by atoms with van der Waals surface area (Å²) in [7, 11) is 0. The number of aromatic hydroxyl groups is 1. The normalized spacial score (nSPS) is 16.4. The third kappa shape index (κ3) is 5.19. The molecule has 11 nitrogen and oxygen atoms in total. The lowest BCUT2D eigenvalue weighted by Crippen LogP contribution is -2.57. The fourth-order valence-corrected chi connectivity index (χ4v) is 5.92. The number of aromatic nitrogens is 4. The van der Waals surface area contributed by atoms with E-state index in [9.17, 15) is 14.7 Å². The minimum atomic E-state index is -1.02. The van der Waals surface area contributed by atoms with E-state index in [0.717, 1.165) is 11.6 Å². The van der Waals surface area contributed by atoms with Gasteiger partial charge in [0.05, 0.1) is 23.0 Å². The van der Waals surface area contributed by atoms with Gasteiger partial charge in [-0.25, -0.2) is 27.9 Å². The van der Waals surface area contributed by atoms with Crippen LogP contribution in [0.4, 0.5) is 19.4 Å². The number of pyridine rings is 2. The Morgan fingerprint density at radius 1 is 1.16 bits per heavy atom. The Kier molecular flexibility index (Phi) is 7.37. The third-order valence-electron chi connectivity index (χ3n) is 7.94. The molecule has 5 heterocycles. The van der Waals surface area contributed by atoms with E-state index < -0.39 is 52.1 Å². The number of hydrogen-bond acceptors (Lipinski definition) is 9. The minimum absolute atomic E-state index is 0.0349. The number of carbonyl (C=O) groups is 1. The van der Waals surface area contributed by atoms with Crippen LogP contribution in [0.15, 0.2) is 35.3 Å². The van der Waals surface area contributed by atoms with Crippen LogP contribution in [-0.4, -0.2) is 73.5 Å². The zero-order valence-electron chi connectivity index (χ0n) is 25.9. The van der Waals surface area contributed by atoms with Gasteiger partial charge in [0.1, 0.15) is 40.7 Å². The molecule has 2 aliphatic rings. The number of phenols is 1. The summed E-state index contributed by atoms with van der Waals surface area (Å²) in [4.78, 5) is 43.7. The Bertz CT molecular complexity index is 1880. The van der Waals surface area contributed by atoms with Crippen LogP contribution in [0.2, 0.25) is 0 Å². The molecule has 1 N–H and O–H groups in total.